The molecule has 0 radical (unpaired) electrons. The molecule has 4 rings (SSSR count). The van der Waals surface area contributed by atoms with Gasteiger partial charge in [-0.1, -0.05) is 0 Å². The minimum absolute atomic E-state index is 0.203. The number of piperidine rings is 1. The molecule has 1 aliphatic rings. The predicted molar refractivity (Wildman–Crippen MR) is 128 cm³/mol. The second-order valence-electron chi connectivity index (χ2n) is 8.31. The van der Waals surface area contributed by atoms with E-state index in [9.17, 15) is 26.0 Å². The summed E-state index contributed by atoms with van der Waals surface area (Å²) in [6, 6.07) is 4.86. The normalized spacial score (nSPS) is 18.0. The van der Waals surface area contributed by atoms with Crippen LogP contribution in [-0.4, -0.2) is 67.1 Å². The maximum absolute atomic E-state index is 14.8. The van der Waals surface area contributed by atoms with Crippen LogP contribution in [0.25, 0.3) is 11.3 Å². The standard InChI is InChI=1S/C22H23F4N7O3S/c1-33(2)37(34,35)32-20-15(24)9-17(18(25)19(20)26)36-21-14(4-3-6-28-21)16-5-7-29-22(31-16)30-13-8-12(23)10-27-11-13/h3-7,9,12-13,27,32H,8,10-11H2,1-2H3,(H,29,30,31)/t12-,13-/m0/s1. The number of ether oxygens (including phenoxy) is 1. The summed E-state index contributed by atoms with van der Waals surface area (Å²) < 4.78 is 89.3. The molecule has 1 saturated heterocycles. The SMILES string of the molecule is CN(C)S(=O)(=O)Nc1c(F)cc(Oc2ncccc2-c2ccnc(N[C@@H]3CNC[C@@H](F)C3)n2)c(F)c1F. The maximum atomic E-state index is 14.8. The summed E-state index contributed by atoms with van der Waals surface area (Å²) in [7, 11) is -2.04. The Labute approximate surface area is 210 Å². The van der Waals surface area contributed by atoms with Gasteiger partial charge in [-0.05, 0) is 18.2 Å². The van der Waals surface area contributed by atoms with Crippen LogP contribution in [0.15, 0.2) is 36.7 Å². The van der Waals surface area contributed by atoms with Crippen molar-refractivity contribution in [3.05, 3.63) is 54.1 Å². The highest BCUT2D eigenvalue weighted by Crippen LogP contribution is 2.35. The highest BCUT2D eigenvalue weighted by Gasteiger charge is 2.26. The molecule has 0 amide bonds. The first-order chi connectivity index (χ1) is 17.5. The van der Waals surface area contributed by atoms with E-state index in [1.165, 1.54) is 18.5 Å². The van der Waals surface area contributed by atoms with Gasteiger partial charge >= 0.3 is 10.2 Å². The number of pyridine rings is 1. The lowest BCUT2D eigenvalue weighted by Crippen LogP contribution is -2.44. The van der Waals surface area contributed by atoms with Crippen LogP contribution in [0, 0.1) is 17.5 Å². The van der Waals surface area contributed by atoms with Crippen LogP contribution in [0.3, 0.4) is 0 Å². The van der Waals surface area contributed by atoms with Crippen molar-refractivity contribution in [2.24, 2.45) is 0 Å². The van der Waals surface area contributed by atoms with E-state index in [-0.39, 0.29) is 42.1 Å². The van der Waals surface area contributed by atoms with Crippen molar-refractivity contribution in [1.29, 1.82) is 0 Å². The number of nitrogens with one attached hydrogen (secondary N) is 3. The molecule has 0 bridgehead atoms. The van der Waals surface area contributed by atoms with Gasteiger partial charge in [0.25, 0.3) is 0 Å². The fourth-order valence-corrected chi connectivity index (χ4v) is 4.12. The van der Waals surface area contributed by atoms with E-state index in [1.54, 1.807) is 16.9 Å². The number of hydrogen-bond donors (Lipinski definition) is 3. The van der Waals surface area contributed by atoms with Gasteiger partial charge in [0.15, 0.2) is 17.4 Å². The number of rotatable bonds is 8. The first kappa shape index (κ1) is 26.5. The number of halogens is 4. The molecule has 3 aromatic rings. The fraction of sp³-hybridized carbons (Fsp3) is 0.318. The third-order valence-corrected chi connectivity index (χ3v) is 6.80. The van der Waals surface area contributed by atoms with Crippen LogP contribution in [-0.2, 0) is 10.2 Å². The quantitative estimate of drug-likeness (QED) is 0.294. The van der Waals surface area contributed by atoms with Crippen molar-refractivity contribution in [2.45, 2.75) is 18.6 Å². The molecule has 37 heavy (non-hydrogen) atoms. The van der Waals surface area contributed by atoms with Gasteiger partial charge < -0.3 is 15.4 Å². The molecule has 2 atom stereocenters. The van der Waals surface area contributed by atoms with Gasteiger partial charge in [-0.25, -0.2) is 28.1 Å². The molecule has 198 valence electrons. The summed E-state index contributed by atoms with van der Waals surface area (Å²) in [4.78, 5) is 12.5. The average Bonchev–Trinajstić information content (AvgIpc) is 2.85. The third-order valence-electron chi connectivity index (χ3n) is 5.38. The van der Waals surface area contributed by atoms with Crippen LogP contribution in [0.4, 0.5) is 29.2 Å². The van der Waals surface area contributed by atoms with Crippen molar-refractivity contribution < 1.29 is 30.7 Å². The number of alkyl halides is 1. The van der Waals surface area contributed by atoms with Gasteiger partial charge in [0, 0.05) is 58.1 Å². The Hall–Kier alpha value is -3.56. The molecule has 3 N–H and O–H groups in total. The highest BCUT2D eigenvalue weighted by molar-refractivity contribution is 7.90. The molecule has 1 aromatic carbocycles. The zero-order valence-corrected chi connectivity index (χ0v) is 20.5. The summed E-state index contributed by atoms with van der Waals surface area (Å²) in [5.74, 6) is -5.72. The topological polar surface area (TPSA) is 121 Å². The zero-order chi connectivity index (χ0) is 26.7. The van der Waals surface area contributed by atoms with Crippen LogP contribution in [0.5, 0.6) is 11.6 Å². The average molecular weight is 542 g/mol. The Morgan fingerprint density at radius 1 is 1.11 bits per heavy atom. The molecule has 1 fully saturated rings. The first-order valence-electron chi connectivity index (χ1n) is 11.0. The van der Waals surface area contributed by atoms with Gasteiger partial charge in [-0.3, -0.25) is 4.72 Å². The molecule has 10 nitrogen and oxygen atoms in total. The van der Waals surface area contributed by atoms with E-state index >= 15 is 0 Å². The minimum Gasteiger partial charge on any atom is -0.435 e. The summed E-state index contributed by atoms with van der Waals surface area (Å²) in [5.41, 5.74) is -0.660. The Morgan fingerprint density at radius 3 is 2.62 bits per heavy atom. The van der Waals surface area contributed by atoms with Crippen LogP contribution in [0.2, 0.25) is 0 Å². The fourth-order valence-electron chi connectivity index (χ4n) is 3.49. The Balaban J connectivity index is 1.62. The number of aromatic nitrogens is 3. The van der Waals surface area contributed by atoms with Crippen molar-refractivity contribution in [3.8, 4) is 22.9 Å². The third kappa shape index (κ3) is 6.06. The second kappa shape index (κ2) is 10.8. The highest BCUT2D eigenvalue weighted by atomic mass is 32.2. The monoisotopic (exact) mass is 541 g/mol. The van der Waals surface area contributed by atoms with Gasteiger partial charge in [-0.2, -0.15) is 17.1 Å². The Bertz CT molecular complexity index is 1390. The molecule has 0 saturated carbocycles. The molecule has 0 aliphatic carbocycles. The van der Waals surface area contributed by atoms with E-state index in [2.05, 4.69) is 25.6 Å². The zero-order valence-electron chi connectivity index (χ0n) is 19.7. The lowest BCUT2D eigenvalue weighted by Gasteiger charge is -2.26. The molecule has 15 heteroatoms. The molecule has 0 spiro atoms. The Morgan fingerprint density at radius 2 is 1.89 bits per heavy atom. The van der Waals surface area contributed by atoms with E-state index < -0.39 is 45.3 Å². The number of benzene rings is 1. The lowest BCUT2D eigenvalue weighted by molar-refractivity contribution is 0.254. The van der Waals surface area contributed by atoms with Crippen LogP contribution in [0.1, 0.15) is 6.42 Å². The van der Waals surface area contributed by atoms with Gasteiger partial charge in [-0.15, -0.1) is 0 Å². The number of nitrogens with zero attached hydrogens (tertiary/aromatic N) is 4. The smallest absolute Gasteiger partial charge is 0.301 e. The van der Waals surface area contributed by atoms with E-state index in [0.717, 1.165) is 14.1 Å². The van der Waals surface area contributed by atoms with Gasteiger partial charge in [0.2, 0.25) is 17.6 Å². The van der Waals surface area contributed by atoms with Crippen molar-refractivity contribution >= 4 is 21.8 Å². The van der Waals surface area contributed by atoms with Crippen molar-refractivity contribution in [3.63, 3.8) is 0 Å². The van der Waals surface area contributed by atoms with Gasteiger partial charge in [0.05, 0.1) is 11.3 Å². The van der Waals surface area contributed by atoms with Gasteiger partial charge in [0.1, 0.15) is 11.9 Å². The molecular weight excluding hydrogens is 518 g/mol. The van der Waals surface area contributed by atoms with Crippen molar-refractivity contribution in [1.82, 2.24) is 24.6 Å². The summed E-state index contributed by atoms with van der Waals surface area (Å²) in [5, 5.41) is 6.01. The summed E-state index contributed by atoms with van der Waals surface area (Å²) in [6.45, 7) is 0.794. The van der Waals surface area contributed by atoms with E-state index in [1.807, 2.05) is 0 Å². The number of anilines is 2. The predicted octanol–water partition coefficient (Wildman–Crippen LogP) is 3.08. The molecule has 3 heterocycles. The molecular formula is C22H23F4N7O3S. The first-order valence-corrected chi connectivity index (χ1v) is 12.4. The maximum Gasteiger partial charge on any atom is 0.301 e. The minimum atomic E-state index is -4.31. The summed E-state index contributed by atoms with van der Waals surface area (Å²) >= 11 is 0. The Kier molecular flexibility index (Phi) is 7.75. The van der Waals surface area contributed by atoms with E-state index in [4.69, 9.17) is 4.74 Å². The largest absolute Gasteiger partial charge is 0.435 e. The molecule has 0 unspecified atom stereocenters. The molecule has 1 aliphatic heterocycles. The molecule has 2 aromatic heterocycles. The summed E-state index contributed by atoms with van der Waals surface area (Å²) in [6.07, 6.45) is 2.03. The van der Waals surface area contributed by atoms with Crippen molar-refractivity contribution in [2.75, 3.05) is 37.2 Å². The van der Waals surface area contributed by atoms with Crippen LogP contribution < -0.4 is 20.1 Å². The van der Waals surface area contributed by atoms with Crippen LogP contribution >= 0.6 is 0 Å². The van der Waals surface area contributed by atoms with E-state index in [0.29, 0.717) is 16.9 Å². The lowest BCUT2D eigenvalue weighted by atomic mass is 10.1. The second-order valence-corrected chi connectivity index (χ2v) is 10.2. The number of hydrogen-bond acceptors (Lipinski definition) is 8.